The zero-order chi connectivity index (χ0) is 39.5. The lowest BCUT2D eigenvalue weighted by atomic mass is 9.82. The van der Waals surface area contributed by atoms with Gasteiger partial charge >= 0.3 is 11.6 Å². The summed E-state index contributed by atoms with van der Waals surface area (Å²) in [7, 11) is 10.1. The SMILES string of the molecule is [B]C(O)(c1cccc(C(=O)N2CCCC2)[n+]1OC)N1CC(n2ncc3c2[C@@H](C)N(C)c2c(NC(/C=C(\N)NC(=O)C4CC4)=C(/N)C(=O)NC4CC4)cccc2-3)C1. The summed E-state index contributed by atoms with van der Waals surface area (Å²) in [5.41, 5.74) is 16.0. The fourth-order valence-electron chi connectivity index (χ4n) is 7.88. The second kappa shape index (κ2) is 14.5. The summed E-state index contributed by atoms with van der Waals surface area (Å²) in [6, 6.07) is 10.7. The maximum Gasteiger partial charge on any atom is 0.323 e. The summed E-state index contributed by atoms with van der Waals surface area (Å²) in [5.74, 6) is -0.707. The highest BCUT2D eigenvalue weighted by Gasteiger charge is 2.49. The van der Waals surface area contributed by atoms with E-state index >= 15 is 0 Å². The van der Waals surface area contributed by atoms with Crippen molar-refractivity contribution in [3.05, 3.63) is 83.0 Å². The Labute approximate surface area is 326 Å². The minimum absolute atomic E-state index is 0.0477. The molecule has 4 fully saturated rings. The Morgan fingerprint density at radius 3 is 2.45 bits per heavy atom. The van der Waals surface area contributed by atoms with Crippen LogP contribution in [0.5, 0.6) is 0 Å². The third-order valence-corrected chi connectivity index (χ3v) is 11.5. The van der Waals surface area contributed by atoms with Gasteiger partial charge in [-0.1, -0.05) is 12.1 Å². The molecule has 8 N–H and O–H groups in total. The highest BCUT2D eigenvalue weighted by Crippen LogP contribution is 2.49. The van der Waals surface area contributed by atoms with Gasteiger partial charge in [0, 0.05) is 79.3 Å². The molecule has 17 heteroatoms. The number of pyridine rings is 1. The predicted octanol–water partition coefficient (Wildman–Crippen LogP) is 0.658. The van der Waals surface area contributed by atoms with Crippen molar-refractivity contribution < 1.29 is 29.1 Å². The molecular formula is C39H49BN11O5+. The van der Waals surface area contributed by atoms with Crippen LogP contribution in [0.25, 0.3) is 11.1 Å². The maximum absolute atomic E-state index is 13.3. The van der Waals surface area contributed by atoms with Crippen molar-refractivity contribution in [3.8, 4) is 11.1 Å². The van der Waals surface area contributed by atoms with Crippen molar-refractivity contribution in [2.75, 3.05) is 50.6 Å². The fourth-order valence-corrected chi connectivity index (χ4v) is 7.88. The van der Waals surface area contributed by atoms with Crippen LogP contribution in [0, 0.1) is 5.92 Å². The molecule has 16 nitrogen and oxygen atoms in total. The highest BCUT2D eigenvalue weighted by molar-refractivity contribution is 6.14. The highest BCUT2D eigenvalue weighted by atomic mass is 16.6. The van der Waals surface area contributed by atoms with Crippen molar-refractivity contribution in [2.24, 2.45) is 17.4 Å². The first-order valence-electron chi connectivity index (χ1n) is 19.3. The molecule has 2 atom stereocenters. The van der Waals surface area contributed by atoms with E-state index in [9.17, 15) is 19.5 Å². The molecule has 2 aliphatic carbocycles. The molecule has 3 aromatic rings. The Kier molecular flexibility index (Phi) is 9.69. The normalized spacial score (nSPS) is 21.3. The smallest absolute Gasteiger partial charge is 0.323 e. The number of para-hydroxylation sites is 1. The molecule has 292 valence electrons. The molecule has 5 aliphatic rings. The summed E-state index contributed by atoms with van der Waals surface area (Å²) in [4.78, 5) is 50.2. The van der Waals surface area contributed by atoms with E-state index < -0.39 is 11.5 Å². The van der Waals surface area contributed by atoms with Crippen LogP contribution >= 0.6 is 0 Å². The average molecular weight is 763 g/mol. The third kappa shape index (κ3) is 6.82. The molecule has 2 radical (unpaired) electrons. The molecule has 3 aliphatic heterocycles. The summed E-state index contributed by atoms with van der Waals surface area (Å²) in [5, 5.41) is 25.7. The van der Waals surface area contributed by atoms with E-state index in [1.165, 1.54) is 17.9 Å². The van der Waals surface area contributed by atoms with Gasteiger partial charge in [-0.15, -0.1) is 0 Å². The number of amides is 3. The van der Waals surface area contributed by atoms with Crippen molar-refractivity contribution >= 4 is 36.9 Å². The average Bonchev–Trinajstić information content (AvgIpc) is 4.08. The van der Waals surface area contributed by atoms with Gasteiger partial charge in [-0.05, 0) is 57.6 Å². The number of aromatic nitrogens is 3. The molecule has 8 rings (SSSR count). The minimum Gasteiger partial charge on any atom is -0.393 e. The lowest BCUT2D eigenvalue weighted by Crippen LogP contribution is -2.65. The van der Waals surface area contributed by atoms with Crippen LogP contribution in [0.1, 0.15) is 79.4 Å². The number of aliphatic hydroxyl groups is 1. The van der Waals surface area contributed by atoms with Crippen LogP contribution in [-0.4, -0.2) is 96.6 Å². The first kappa shape index (κ1) is 37.4. The number of hydrogen-bond donors (Lipinski definition) is 6. The van der Waals surface area contributed by atoms with Crippen molar-refractivity contribution in [2.45, 2.75) is 69.2 Å². The van der Waals surface area contributed by atoms with Crippen LogP contribution in [-0.2, 0) is 15.2 Å². The van der Waals surface area contributed by atoms with E-state index in [1.54, 1.807) is 28.0 Å². The quantitative estimate of drug-likeness (QED) is 0.0656. The number of nitrogens with two attached hydrogens (primary N) is 2. The zero-order valence-electron chi connectivity index (χ0n) is 32.0. The Morgan fingerprint density at radius 2 is 1.77 bits per heavy atom. The maximum atomic E-state index is 13.3. The molecule has 2 saturated heterocycles. The molecule has 56 heavy (non-hydrogen) atoms. The molecule has 2 aromatic heterocycles. The number of nitrogens with zero attached hydrogens (tertiary/aromatic N) is 6. The van der Waals surface area contributed by atoms with Crippen molar-refractivity contribution in [1.82, 2.24) is 30.2 Å². The van der Waals surface area contributed by atoms with Gasteiger partial charge < -0.3 is 42.3 Å². The van der Waals surface area contributed by atoms with Crippen LogP contribution in [0.4, 0.5) is 11.4 Å². The van der Waals surface area contributed by atoms with Gasteiger partial charge in [-0.2, -0.15) is 5.10 Å². The molecular weight excluding hydrogens is 713 g/mol. The third-order valence-electron chi connectivity index (χ3n) is 11.5. The lowest BCUT2D eigenvalue weighted by molar-refractivity contribution is -0.895. The Balaban J connectivity index is 1.05. The van der Waals surface area contributed by atoms with Crippen LogP contribution < -0.4 is 41.9 Å². The number of benzene rings is 1. The minimum atomic E-state index is -1.93. The lowest BCUT2D eigenvalue weighted by Gasteiger charge is -2.47. The van der Waals surface area contributed by atoms with Gasteiger partial charge in [0.15, 0.2) is 13.5 Å². The van der Waals surface area contributed by atoms with Gasteiger partial charge in [-0.25, -0.2) is 0 Å². The number of hydrogen-bond acceptors (Lipinski definition) is 11. The number of allylic oxidation sites excluding steroid dienone is 1. The summed E-state index contributed by atoms with van der Waals surface area (Å²) in [6.45, 7) is 4.23. The second-order valence-corrected chi connectivity index (χ2v) is 15.5. The van der Waals surface area contributed by atoms with Crippen molar-refractivity contribution in [1.29, 1.82) is 0 Å². The van der Waals surface area contributed by atoms with E-state index in [2.05, 4.69) is 27.8 Å². The van der Waals surface area contributed by atoms with Crippen LogP contribution in [0.15, 0.2) is 65.9 Å². The Morgan fingerprint density at radius 1 is 1.05 bits per heavy atom. The Hall–Kier alpha value is -5.55. The summed E-state index contributed by atoms with van der Waals surface area (Å²) >= 11 is 0. The molecule has 1 aromatic carbocycles. The van der Waals surface area contributed by atoms with E-state index in [0.717, 1.165) is 61.0 Å². The van der Waals surface area contributed by atoms with Gasteiger partial charge in [0.2, 0.25) is 5.91 Å². The zero-order valence-corrected chi connectivity index (χ0v) is 32.0. The second-order valence-electron chi connectivity index (χ2n) is 15.5. The first-order valence-corrected chi connectivity index (χ1v) is 19.3. The first-order chi connectivity index (χ1) is 26.9. The van der Waals surface area contributed by atoms with Gasteiger partial charge in [0.05, 0.1) is 41.0 Å². The van der Waals surface area contributed by atoms with E-state index in [-0.39, 0.29) is 58.8 Å². The van der Waals surface area contributed by atoms with Crippen LogP contribution in [0.2, 0.25) is 0 Å². The molecule has 1 unspecified atom stereocenters. The van der Waals surface area contributed by atoms with E-state index in [4.69, 9.17) is 29.2 Å². The predicted molar refractivity (Wildman–Crippen MR) is 208 cm³/mol. The van der Waals surface area contributed by atoms with Crippen LogP contribution in [0.3, 0.4) is 0 Å². The van der Waals surface area contributed by atoms with E-state index in [1.807, 2.05) is 36.1 Å². The fraction of sp³-hybridized carbons (Fsp3) is 0.462. The van der Waals surface area contributed by atoms with Gasteiger partial charge in [0.1, 0.15) is 18.6 Å². The number of nitrogens with one attached hydrogen (secondary N) is 3. The Bertz CT molecular complexity index is 2130. The molecule has 0 bridgehead atoms. The summed E-state index contributed by atoms with van der Waals surface area (Å²) < 4.78 is 3.33. The molecule has 2 saturated carbocycles. The van der Waals surface area contributed by atoms with Gasteiger partial charge in [0.25, 0.3) is 11.6 Å². The number of fused-ring (bicyclic) bond motifs is 3. The van der Waals surface area contributed by atoms with Crippen molar-refractivity contribution in [3.63, 3.8) is 0 Å². The largest absolute Gasteiger partial charge is 0.393 e. The summed E-state index contributed by atoms with van der Waals surface area (Å²) in [6.07, 6.45) is 8.70. The number of carbonyl (C=O) groups excluding carboxylic acids is 3. The van der Waals surface area contributed by atoms with Gasteiger partial charge in [-0.3, -0.25) is 28.8 Å². The molecule has 3 amide bonds. The number of likely N-dealkylation sites (tertiary alicyclic amines) is 2. The monoisotopic (exact) mass is 762 g/mol. The number of anilines is 2. The molecule has 0 spiro atoms. The number of rotatable bonds is 12. The van der Waals surface area contributed by atoms with E-state index in [0.29, 0.717) is 37.6 Å². The standard InChI is InChI=1S/C39H48BN11O5/c1-22-34-27(19-43-50(34)25-20-49(21-25)39(40,55)31-11-7-10-30(51(31)56-3)38(54)48-16-4-5-17-48)26-8-6-9-28(35(26)47(22)2)45-29(33(42)37(53)44-24-14-15-24)18-32(41)46-36(52)23-12-13-23/h6-11,18-19,22-25,42,55H,4-5,12-17,20-21H2,1-3H3,(H5,41,44,45,46,52,53,54)/p+1/t22-,39?/m1/s1. The topological polar surface area (TPSA) is 200 Å². The number of carbonyl (C=O) groups is 3. The molecule has 5 heterocycles.